The third-order valence-corrected chi connectivity index (χ3v) is 6.95. The van der Waals surface area contributed by atoms with Gasteiger partial charge in [-0.25, -0.2) is 4.98 Å². The molecule has 0 amide bonds. The average Bonchev–Trinajstić information content (AvgIpc) is 3.33. The van der Waals surface area contributed by atoms with Crippen molar-refractivity contribution >= 4 is 23.1 Å². The van der Waals surface area contributed by atoms with Gasteiger partial charge in [0, 0.05) is 31.0 Å². The van der Waals surface area contributed by atoms with E-state index in [1.165, 1.54) is 11.8 Å². The second-order valence-corrected chi connectivity index (χ2v) is 9.02. The first-order valence-corrected chi connectivity index (χ1v) is 11.8. The molecule has 1 aliphatic heterocycles. The molecular formula is C23H23N3O2S2. The first kappa shape index (κ1) is 21.0. The number of nitrogens with zero attached hydrogens (tertiary/aromatic N) is 3. The Labute approximate surface area is 185 Å². The van der Waals surface area contributed by atoms with Crippen LogP contribution in [-0.2, 0) is 4.74 Å². The number of morpholine rings is 1. The number of hydrogen-bond donors (Lipinski definition) is 1. The Hall–Kier alpha value is -2.21. The molecule has 5 nitrogen and oxygen atoms in total. The Morgan fingerprint density at radius 1 is 1.20 bits per heavy atom. The van der Waals surface area contributed by atoms with Gasteiger partial charge in [0.15, 0.2) is 0 Å². The summed E-state index contributed by atoms with van der Waals surface area (Å²) >= 11 is 3.08. The maximum Gasteiger partial charge on any atom is 0.115 e. The highest BCUT2D eigenvalue weighted by Gasteiger charge is 2.19. The van der Waals surface area contributed by atoms with Crippen LogP contribution >= 0.6 is 23.1 Å². The number of aliphatic hydroxyl groups is 1. The van der Waals surface area contributed by atoms with Crippen molar-refractivity contribution in [2.75, 3.05) is 38.6 Å². The topological polar surface area (TPSA) is 69.4 Å². The molecule has 1 aliphatic rings. The molecule has 0 bridgehead atoms. The van der Waals surface area contributed by atoms with Crippen LogP contribution in [0.2, 0.25) is 0 Å². The molecule has 1 fully saturated rings. The summed E-state index contributed by atoms with van der Waals surface area (Å²) < 4.78 is 5.37. The Morgan fingerprint density at radius 2 is 2.00 bits per heavy atom. The predicted octanol–water partition coefficient (Wildman–Crippen LogP) is 4.13. The number of ether oxygens (including phenoxy) is 1. The quantitative estimate of drug-likeness (QED) is 0.561. The van der Waals surface area contributed by atoms with E-state index in [1.807, 2.05) is 53.9 Å². The van der Waals surface area contributed by atoms with Gasteiger partial charge >= 0.3 is 0 Å². The smallest absolute Gasteiger partial charge is 0.115 e. The van der Waals surface area contributed by atoms with Crippen LogP contribution in [0.4, 0.5) is 0 Å². The second kappa shape index (κ2) is 10.2. The van der Waals surface area contributed by atoms with Crippen LogP contribution in [0.3, 0.4) is 0 Å². The highest BCUT2D eigenvalue weighted by molar-refractivity contribution is 7.99. The molecule has 0 radical (unpaired) electrons. The van der Waals surface area contributed by atoms with Crippen LogP contribution in [0.1, 0.15) is 5.56 Å². The molecule has 0 spiro atoms. The Balaban J connectivity index is 1.61. The minimum absolute atomic E-state index is 0.487. The normalized spacial score (nSPS) is 15.6. The largest absolute Gasteiger partial charge is 0.391 e. The van der Waals surface area contributed by atoms with E-state index in [-0.39, 0.29) is 0 Å². The van der Waals surface area contributed by atoms with Crippen LogP contribution in [0.25, 0.3) is 21.7 Å². The number of hydrogen-bond acceptors (Lipinski definition) is 7. The molecule has 4 rings (SSSR count). The highest BCUT2D eigenvalue weighted by Crippen LogP contribution is 2.35. The zero-order chi connectivity index (χ0) is 20.8. The van der Waals surface area contributed by atoms with Gasteiger partial charge in [-0.1, -0.05) is 36.4 Å². The van der Waals surface area contributed by atoms with E-state index in [4.69, 9.17) is 9.72 Å². The summed E-state index contributed by atoms with van der Waals surface area (Å²) in [7, 11) is 0. The number of thiophene rings is 1. The number of nitriles is 1. The molecule has 1 aromatic carbocycles. The molecule has 2 aromatic heterocycles. The number of rotatable bonds is 7. The van der Waals surface area contributed by atoms with Gasteiger partial charge in [-0.15, -0.1) is 23.1 Å². The van der Waals surface area contributed by atoms with Gasteiger partial charge in [-0.2, -0.15) is 5.26 Å². The van der Waals surface area contributed by atoms with Crippen molar-refractivity contribution in [2.24, 2.45) is 0 Å². The van der Waals surface area contributed by atoms with Gasteiger partial charge in [-0.3, -0.25) is 4.90 Å². The molecule has 3 aromatic rings. The van der Waals surface area contributed by atoms with Crippen LogP contribution in [0.5, 0.6) is 0 Å². The van der Waals surface area contributed by atoms with Crippen molar-refractivity contribution in [3.05, 3.63) is 59.5 Å². The van der Waals surface area contributed by atoms with Crippen molar-refractivity contribution < 1.29 is 9.84 Å². The molecule has 1 saturated heterocycles. The second-order valence-electron chi connectivity index (χ2n) is 7.07. The Bertz CT molecular complexity index is 997. The van der Waals surface area contributed by atoms with E-state index in [9.17, 15) is 10.4 Å². The maximum atomic E-state index is 10.6. The van der Waals surface area contributed by atoms with E-state index in [0.717, 1.165) is 34.8 Å². The highest BCUT2D eigenvalue weighted by atomic mass is 32.2. The summed E-state index contributed by atoms with van der Waals surface area (Å²) in [5.41, 5.74) is 3.28. The van der Waals surface area contributed by atoms with Crippen LogP contribution in [0.15, 0.2) is 58.9 Å². The number of aliphatic hydroxyl groups excluding tert-OH is 1. The van der Waals surface area contributed by atoms with Crippen molar-refractivity contribution in [2.45, 2.75) is 11.1 Å². The van der Waals surface area contributed by atoms with Gasteiger partial charge in [0.1, 0.15) is 11.1 Å². The van der Waals surface area contributed by atoms with Crippen molar-refractivity contribution in [3.8, 4) is 27.8 Å². The Kier molecular flexibility index (Phi) is 7.16. The molecule has 0 aliphatic carbocycles. The number of thioether (sulfide) groups is 1. The van der Waals surface area contributed by atoms with Crippen LogP contribution in [0, 0.1) is 11.3 Å². The fourth-order valence-corrected chi connectivity index (χ4v) is 5.04. The van der Waals surface area contributed by atoms with Crippen molar-refractivity contribution in [3.63, 3.8) is 0 Å². The van der Waals surface area contributed by atoms with E-state index in [1.54, 1.807) is 11.3 Å². The minimum Gasteiger partial charge on any atom is -0.391 e. The third-order valence-electron chi connectivity index (χ3n) is 4.94. The van der Waals surface area contributed by atoms with Gasteiger partial charge in [0.25, 0.3) is 0 Å². The first-order valence-electron chi connectivity index (χ1n) is 9.90. The zero-order valence-electron chi connectivity index (χ0n) is 16.5. The fourth-order valence-electron chi connectivity index (χ4n) is 3.44. The number of benzene rings is 1. The van der Waals surface area contributed by atoms with Gasteiger partial charge in [-0.05, 0) is 23.1 Å². The molecule has 1 N–H and O–H groups in total. The lowest BCUT2D eigenvalue weighted by molar-refractivity contribution is 0.0188. The third kappa shape index (κ3) is 5.09. The lowest BCUT2D eigenvalue weighted by Gasteiger charge is -2.28. The molecule has 30 heavy (non-hydrogen) atoms. The van der Waals surface area contributed by atoms with E-state index >= 15 is 0 Å². The van der Waals surface area contributed by atoms with Crippen LogP contribution < -0.4 is 0 Å². The van der Waals surface area contributed by atoms with E-state index in [2.05, 4.69) is 11.0 Å². The predicted molar refractivity (Wildman–Crippen MR) is 122 cm³/mol. The monoisotopic (exact) mass is 437 g/mol. The van der Waals surface area contributed by atoms with Crippen LogP contribution in [-0.4, -0.2) is 59.7 Å². The van der Waals surface area contributed by atoms with Crippen molar-refractivity contribution in [1.82, 2.24) is 9.88 Å². The lowest BCUT2D eigenvalue weighted by Crippen LogP contribution is -2.41. The van der Waals surface area contributed by atoms with E-state index < -0.39 is 6.10 Å². The molecular weight excluding hydrogens is 414 g/mol. The molecule has 0 unspecified atom stereocenters. The Morgan fingerprint density at radius 3 is 2.70 bits per heavy atom. The zero-order valence-corrected chi connectivity index (χ0v) is 18.2. The molecule has 1 atom stereocenters. The summed E-state index contributed by atoms with van der Waals surface area (Å²) in [5.74, 6) is 0.487. The summed E-state index contributed by atoms with van der Waals surface area (Å²) in [5, 5.41) is 23.2. The maximum absolute atomic E-state index is 10.6. The van der Waals surface area contributed by atoms with Crippen molar-refractivity contribution in [1.29, 1.82) is 5.26 Å². The number of pyridine rings is 1. The number of aromatic nitrogens is 1. The van der Waals surface area contributed by atoms with Gasteiger partial charge in [0.05, 0.1) is 35.5 Å². The molecule has 3 heterocycles. The van der Waals surface area contributed by atoms with Gasteiger partial charge in [0.2, 0.25) is 0 Å². The lowest BCUT2D eigenvalue weighted by atomic mass is 10.0. The fraction of sp³-hybridized carbons (Fsp3) is 0.304. The SMILES string of the molecule is N#Cc1c(-c2ccccc2)cc(-c2cccs2)nc1SC[C@H](O)CN1CCOCC1. The van der Waals surface area contributed by atoms with Gasteiger partial charge < -0.3 is 9.84 Å². The summed E-state index contributed by atoms with van der Waals surface area (Å²) in [6.45, 7) is 3.71. The molecule has 7 heteroatoms. The first-order chi connectivity index (χ1) is 14.7. The molecule has 154 valence electrons. The number of β-amino-alcohol motifs (C(OH)–C–C–N with tert-alkyl or cyclic N) is 1. The minimum atomic E-state index is -0.494. The average molecular weight is 438 g/mol. The standard InChI is InChI=1S/C23H23N3O2S2/c24-14-20-19(17-5-2-1-3-6-17)13-21(22-7-4-12-29-22)25-23(20)30-16-18(27)15-26-8-10-28-11-9-26/h1-7,12-13,18,27H,8-11,15-16H2/t18-/m1/s1. The summed E-state index contributed by atoms with van der Waals surface area (Å²) in [6.07, 6.45) is -0.494. The molecule has 0 saturated carbocycles. The van der Waals surface area contributed by atoms with E-state index in [0.29, 0.717) is 36.1 Å². The summed E-state index contributed by atoms with van der Waals surface area (Å²) in [4.78, 5) is 8.07. The summed E-state index contributed by atoms with van der Waals surface area (Å²) in [6, 6.07) is 18.3.